The number of aryl methyl sites for hydroxylation is 2. The molecule has 0 spiro atoms. The van der Waals surface area contributed by atoms with Crippen LogP contribution in [-0.4, -0.2) is 10.4 Å². The minimum atomic E-state index is 0.365. The van der Waals surface area contributed by atoms with Crippen LogP contribution in [0.5, 0.6) is 5.75 Å². The fourth-order valence-corrected chi connectivity index (χ4v) is 1.30. The average molecular weight is 239 g/mol. The van der Waals surface area contributed by atoms with E-state index in [9.17, 15) is 5.11 Å². The molecule has 13 heavy (non-hydrogen) atoms. The minimum Gasteiger partial charge on any atom is -0.507 e. The number of rotatable bonds is 0. The quantitative estimate of drug-likeness (QED) is 0.545. The number of alkyl halides is 1. The Bertz CT molecular complexity index is 348. The number of hydrogen-bond donors (Lipinski definition) is 1. The van der Waals surface area contributed by atoms with Crippen molar-refractivity contribution < 1.29 is 5.11 Å². The molecular weight excluding hydrogens is 228 g/mol. The second-order valence-corrected chi connectivity index (χ2v) is 3.45. The van der Waals surface area contributed by atoms with E-state index in [0.29, 0.717) is 11.1 Å². The number of hydrogen-bond acceptors (Lipinski definition) is 1. The average Bonchev–Trinajstić information content (AvgIpc) is 2.10. The summed E-state index contributed by atoms with van der Waals surface area (Å²) < 4.78 is 0. The normalized spacial score (nSPS) is 9.15. The second-order valence-electron chi connectivity index (χ2n) is 2.89. The molecule has 0 saturated heterocycles. The molecule has 0 amide bonds. The van der Waals surface area contributed by atoms with E-state index in [2.05, 4.69) is 27.8 Å². The van der Waals surface area contributed by atoms with Gasteiger partial charge in [0, 0.05) is 5.56 Å². The highest BCUT2D eigenvalue weighted by molar-refractivity contribution is 9.09. The van der Waals surface area contributed by atoms with Crippen molar-refractivity contribution in [2.75, 3.05) is 5.33 Å². The molecule has 0 fully saturated rings. The lowest BCUT2D eigenvalue weighted by molar-refractivity contribution is 0.467. The summed E-state index contributed by atoms with van der Waals surface area (Å²) in [6, 6.07) is 3.77. The number of aromatic hydroxyl groups is 1. The van der Waals surface area contributed by atoms with E-state index in [4.69, 9.17) is 0 Å². The summed E-state index contributed by atoms with van der Waals surface area (Å²) in [6.07, 6.45) is 0. The summed E-state index contributed by atoms with van der Waals surface area (Å²) >= 11 is 3.24. The van der Waals surface area contributed by atoms with E-state index in [1.165, 1.54) is 0 Å². The molecule has 0 heterocycles. The summed E-state index contributed by atoms with van der Waals surface area (Å²) in [5.41, 5.74) is 2.70. The van der Waals surface area contributed by atoms with E-state index in [0.717, 1.165) is 16.7 Å². The maximum Gasteiger partial charge on any atom is 0.121 e. The Morgan fingerprint density at radius 1 is 1.31 bits per heavy atom. The summed E-state index contributed by atoms with van der Waals surface area (Å²) in [7, 11) is 0. The number of benzene rings is 1. The third-order valence-corrected chi connectivity index (χ3v) is 2.07. The standard InChI is InChI=1S/C11H11BrO/c1-8-6-10(4-3-5-12)7-9(2)11(8)13/h6-7,13H,5H2,1-2H3. The lowest BCUT2D eigenvalue weighted by Gasteiger charge is -2.02. The molecule has 68 valence electrons. The van der Waals surface area contributed by atoms with Gasteiger partial charge in [-0.15, -0.1) is 0 Å². The van der Waals surface area contributed by atoms with Gasteiger partial charge in [0.1, 0.15) is 5.75 Å². The summed E-state index contributed by atoms with van der Waals surface area (Å²) in [4.78, 5) is 0. The van der Waals surface area contributed by atoms with Gasteiger partial charge in [-0.2, -0.15) is 0 Å². The minimum absolute atomic E-state index is 0.365. The largest absolute Gasteiger partial charge is 0.507 e. The second kappa shape index (κ2) is 4.34. The zero-order valence-corrected chi connectivity index (χ0v) is 9.27. The lowest BCUT2D eigenvalue weighted by atomic mass is 10.1. The van der Waals surface area contributed by atoms with Crippen LogP contribution in [0.2, 0.25) is 0 Å². The van der Waals surface area contributed by atoms with Crippen molar-refractivity contribution in [3.05, 3.63) is 28.8 Å². The zero-order chi connectivity index (χ0) is 9.84. The molecule has 2 heteroatoms. The van der Waals surface area contributed by atoms with E-state index >= 15 is 0 Å². The van der Waals surface area contributed by atoms with Gasteiger partial charge in [0.2, 0.25) is 0 Å². The van der Waals surface area contributed by atoms with Gasteiger partial charge in [0.25, 0.3) is 0 Å². The highest BCUT2D eigenvalue weighted by Crippen LogP contribution is 2.22. The molecule has 0 aromatic heterocycles. The molecule has 1 aromatic carbocycles. The number of phenols is 1. The molecule has 0 bridgehead atoms. The van der Waals surface area contributed by atoms with Gasteiger partial charge in [-0.3, -0.25) is 0 Å². The maximum absolute atomic E-state index is 9.50. The van der Waals surface area contributed by atoms with Gasteiger partial charge in [-0.1, -0.05) is 27.8 Å². The third-order valence-electron chi connectivity index (χ3n) is 1.79. The van der Waals surface area contributed by atoms with Crippen LogP contribution >= 0.6 is 15.9 Å². The van der Waals surface area contributed by atoms with Crippen molar-refractivity contribution in [3.8, 4) is 17.6 Å². The highest BCUT2D eigenvalue weighted by Gasteiger charge is 2.00. The maximum atomic E-state index is 9.50. The first kappa shape index (κ1) is 10.1. The fourth-order valence-electron chi connectivity index (χ4n) is 1.16. The monoisotopic (exact) mass is 238 g/mol. The molecule has 1 nitrogen and oxygen atoms in total. The molecule has 0 saturated carbocycles. The Hall–Kier alpha value is -0.940. The van der Waals surface area contributed by atoms with Crippen LogP contribution in [-0.2, 0) is 0 Å². The van der Waals surface area contributed by atoms with Crippen LogP contribution in [0.15, 0.2) is 12.1 Å². The molecule has 1 aromatic rings. The number of halogens is 1. The first-order valence-electron chi connectivity index (χ1n) is 4.00. The number of phenolic OH excluding ortho intramolecular Hbond substituents is 1. The molecule has 1 N–H and O–H groups in total. The van der Waals surface area contributed by atoms with Crippen LogP contribution < -0.4 is 0 Å². The molecule has 0 aliphatic heterocycles. The molecule has 0 atom stereocenters. The molecule has 0 aliphatic rings. The Balaban J connectivity index is 3.13. The van der Waals surface area contributed by atoms with E-state index in [1.807, 2.05) is 26.0 Å². The van der Waals surface area contributed by atoms with Gasteiger partial charge >= 0.3 is 0 Å². The predicted octanol–water partition coefficient (Wildman–Crippen LogP) is 2.76. The van der Waals surface area contributed by atoms with Crippen molar-refractivity contribution in [1.29, 1.82) is 0 Å². The van der Waals surface area contributed by atoms with Gasteiger partial charge < -0.3 is 5.11 Å². The smallest absolute Gasteiger partial charge is 0.121 e. The third kappa shape index (κ3) is 2.50. The van der Waals surface area contributed by atoms with Crippen LogP contribution in [0, 0.1) is 25.7 Å². The van der Waals surface area contributed by atoms with Crippen LogP contribution in [0.1, 0.15) is 16.7 Å². The van der Waals surface area contributed by atoms with Gasteiger partial charge in [-0.25, -0.2) is 0 Å². The van der Waals surface area contributed by atoms with Gasteiger partial charge in [0.15, 0.2) is 0 Å². The van der Waals surface area contributed by atoms with E-state index in [-0.39, 0.29) is 0 Å². The topological polar surface area (TPSA) is 20.2 Å². The van der Waals surface area contributed by atoms with Gasteiger partial charge in [0.05, 0.1) is 5.33 Å². The SMILES string of the molecule is Cc1cc(C#CCBr)cc(C)c1O. The fraction of sp³-hybridized carbons (Fsp3) is 0.273. The van der Waals surface area contributed by atoms with Crippen molar-refractivity contribution in [2.24, 2.45) is 0 Å². The Kier molecular flexibility index (Phi) is 3.39. The molecule has 0 aliphatic carbocycles. The summed E-state index contributed by atoms with van der Waals surface area (Å²) in [5, 5.41) is 10.2. The Labute approximate surface area is 86.9 Å². The van der Waals surface area contributed by atoms with Crippen LogP contribution in [0.4, 0.5) is 0 Å². The Morgan fingerprint density at radius 2 is 1.85 bits per heavy atom. The van der Waals surface area contributed by atoms with Gasteiger partial charge in [-0.05, 0) is 37.1 Å². The van der Waals surface area contributed by atoms with E-state index < -0.39 is 0 Å². The Morgan fingerprint density at radius 3 is 2.31 bits per heavy atom. The highest BCUT2D eigenvalue weighted by atomic mass is 79.9. The van der Waals surface area contributed by atoms with E-state index in [1.54, 1.807) is 0 Å². The van der Waals surface area contributed by atoms with Crippen molar-refractivity contribution >= 4 is 15.9 Å². The summed E-state index contributed by atoms with van der Waals surface area (Å²) in [6.45, 7) is 3.75. The van der Waals surface area contributed by atoms with Crippen LogP contribution in [0.25, 0.3) is 0 Å². The molecule has 1 rings (SSSR count). The predicted molar refractivity (Wildman–Crippen MR) is 58.3 cm³/mol. The van der Waals surface area contributed by atoms with Crippen molar-refractivity contribution in [2.45, 2.75) is 13.8 Å². The lowest BCUT2D eigenvalue weighted by Crippen LogP contribution is -1.83. The first-order chi connectivity index (χ1) is 6.15. The van der Waals surface area contributed by atoms with Crippen LogP contribution in [0.3, 0.4) is 0 Å². The zero-order valence-electron chi connectivity index (χ0n) is 7.69. The molecule has 0 unspecified atom stereocenters. The van der Waals surface area contributed by atoms with Crippen molar-refractivity contribution in [3.63, 3.8) is 0 Å². The molecular formula is C11H11BrO. The molecule has 0 radical (unpaired) electrons. The first-order valence-corrected chi connectivity index (χ1v) is 5.12. The van der Waals surface area contributed by atoms with Crippen molar-refractivity contribution in [1.82, 2.24) is 0 Å². The summed E-state index contributed by atoms with van der Waals surface area (Å²) in [5.74, 6) is 6.28.